The van der Waals surface area contributed by atoms with Crippen LogP contribution in [0.25, 0.3) is 0 Å². The van der Waals surface area contributed by atoms with E-state index in [4.69, 9.17) is 23.2 Å². The molecule has 0 aliphatic rings. The molecule has 0 aliphatic heterocycles. The van der Waals surface area contributed by atoms with Gasteiger partial charge in [0.15, 0.2) is 0 Å². The van der Waals surface area contributed by atoms with Crippen molar-refractivity contribution in [1.82, 2.24) is 5.32 Å². The van der Waals surface area contributed by atoms with Crippen LogP contribution in [0.3, 0.4) is 0 Å². The van der Waals surface area contributed by atoms with E-state index in [0.29, 0.717) is 0 Å². The van der Waals surface area contributed by atoms with Gasteiger partial charge in [-0.15, -0.1) is 23.2 Å². The smallest absolute Gasteiger partial charge is 0.107 e. The van der Waals surface area contributed by atoms with Gasteiger partial charge < -0.3 is 5.32 Å². The lowest BCUT2D eigenvalue weighted by molar-refractivity contribution is 0.608. The van der Waals surface area contributed by atoms with E-state index in [1.807, 2.05) is 0 Å². The summed E-state index contributed by atoms with van der Waals surface area (Å²) in [4.78, 5) is -0.192. The third-order valence-corrected chi connectivity index (χ3v) is 1.92. The first-order valence-corrected chi connectivity index (χ1v) is 5.13. The van der Waals surface area contributed by atoms with Crippen molar-refractivity contribution in [3.8, 4) is 0 Å². The zero-order valence-electron chi connectivity index (χ0n) is 7.08. The van der Waals surface area contributed by atoms with Crippen LogP contribution >= 0.6 is 23.2 Å². The maximum Gasteiger partial charge on any atom is 0.107 e. The summed E-state index contributed by atoms with van der Waals surface area (Å²) in [7, 11) is 0. The molecule has 0 saturated carbocycles. The maximum absolute atomic E-state index is 5.56. The van der Waals surface area contributed by atoms with Gasteiger partial charge in [0.05, 0.1) is 0 Å². The summed E-state index contributed by atoms with van der Waals surface area (Å²) in [5.41, 5.74) is 0. The Kier molecular flexibility index (Phi) is 9.06. The summed E-state index contributed by atoms with van der Waals surface area (Å²) in [6.45, 7) is 4.34. The van der Waals surface area contributed by atoms with Crippen molar-refractivity contribution < 1.29 is 0 Å². The van der Waals surface area contributed by atoms with Gasteiger partial charge in [0.25, 0.3) is 0 Å². The molecule has 0 unspecified atom stereocenters. The van der Waals surface area contributed by atoms with Crippen LogP contribution in [0.15, 0.2) is 0 Å². The molecule has 0 aromatic rings. The largest absolute Gasteiger partial charge is 0.317 e. The third-order valence-electron chi connectivity index (χ3n) is 1.48. The first-order valence-electron chi connectivity index (χ1n) is 4.26. The molecule has 0 saturated heterocycles. The highest BCUT2D eigenvalue weighted by atomic mass is 35.5. The molecule has 3 heteroatoms. The Morgan fingerprint density at radius 2 is 1.82 bits per heavy atom. The Bertz CT molecular complexity index is 76.5. The zero-order valence-corrected chi connectivity index (χ0v) is 8.59. The van der Waals surface area contributed by atoms with Crippen LogP contribution in [0.4, 0.5) is 0 Å². The number of unbranched alkanes of at least 4 members (excludes halogenated alkanes) is 1. The van der Waals surface area contributed by atoms with Crippen molar-refractivity contribution in [1.29, 1.82) is 0 Å². The van der Waals surface area contributed by atoms with E-state index >= 15 is 0 Å². The zero-order chi connectivity index (χ0) is 8.53. The second kappa shape index (κ2) is 8.63. The molecule has 0 fully saturated rings. The quantitative estimate of drug-likeness (QED) is 0.489. The third kappa shape index (κ3) is 10.5. The van der Waals surface area contributed by atoms with E-state index in [0.717, 1.165) is 25.9 Å². The van der Waals surface area contributed by atoms with Gasteiger partial charge >= 0.3 is 0 Å². The molecule has 0 spiro atoms. The van der Waals surface area contributed by atoms with E-state index in [9.17, 15) is 0 Å². The summed E-state index contributed by atoms with van der Waals surface area (Å²) in [5, 5.41) is 3.32. The van der Waals surface area contributed by atoms with Gasteiger partial charge in [-0.3, -0.25) is 0 Å². The number of alkyl halides is 2. The van der Waals surface area contributed by atoms with Crippen molar-refractivity contribution in [3.05, 3.63) is 0 Å². The average Bonchev–Trinajstić information content (AvgIpc) is 1.96. The normalized spacial score (nSPS) is 10.9. The Balaban J connectivity index is 2.80. The van der Waals surface area contributed by atoms with Crippen LogP contribution in [0.2, 0.25) is 0 Å². The fourth-order valence-corrected chi connectivity index (χ4v) is 1.12. The van der Waals surface area contributed by atoms with Crippen molar-refractivity contribution in [2.24, 2.45) is 0 Å². The van der Waals surface area contributed by atoms with Crippen molar-refractivity contribution >= 4 is 23.2 Å². The van der Waals surface area contributed by atoms with Crippen molar-refractivity contribution in [3.63, 3.8) is 0 Å². The van der Waals surface area contributed by atoms with Gasteiger partial charge in [0, 0.05) is 0 Å². The Hall–Kier alpha value is 0.540. The van der Waals surface area contributed by atoms with Crippen molar-refractivity contribution in [2.75, 3.05) is 13.1 Å². The SMILES string of the molecule is CCCCNCCCC(Cl)Cl. The molecule has 0 bridgehead atoms. The van der Waals surface area contributed by atoms with E-state index in [-0.39, 0.29) is 4.84 Å². The first kappa shape index (κ1) is 11.5. The molecule has 0 rings (SSSR count). The minimum absolute atomic E-state index is 0.192. The van der Waals surface area contributed by atoms with Crippen molar-refractivity contribution in [2.45, 2.75) is 37.4 Å². The van der Waals surface area contributed by atoms with Gasteiger partial charge in [0.1, 0.15) is 4.84 Å². The summed E-state index contributed by atoms with van der Waals surface area (Å²) < 4.78 is 0. The molecule has 0 radical (unpaired) electrons. The molecule has 0 heterocycles. The van der Waals surface area contributed by atoms with Gasteiger partial charge in [-0.25, -0.2) is 0 Å². The molecular weight excluding hydrogens is 181 g/mol. The summed E-state index contributed by atoms with van der Waals surface area (Å²) >= 11 is 11.1. The summed E-state index contributed by atoms with van der Waals surface area (Å²) in [6, 6.07) is 0. The molecule has 0 aromatic heterocycles. The molecule has 0 atom stereocenters. The molecule has 0 aliphatic carbocycles. The van der Waals surface area contributed by atoms with E-state index < -0.39 is 0 Å². The summed E-state index contributed by atoms with van der Waals surface area (Å²) in [5.74, 6) is 0. The molecule has 1 N–H and O–H groups in total. The van der Waals surface area contributed by atoms with Gasteiger partial charge in [-0.1, -0.05) is 13.3 Å². The molecule has 68 valence electrons. The number of rotatable bonds is 7. The predicted molar refractivity (Wildman–Crippen MR) is 52.5 cm³/mol. The lowest BCUT2D eigenvalue weighted by Crippen LogP contribution is -2.16. The highest BCUT2D eigenvalue weighted by Crippen LogP contribution is 2.08. The number of hydrogen-bond donors (Lipinski definition) is 1. The second-order valence-corrected chi connectivity index (χ2v) is 3.91. The molecule has 11 heavy (non-hydrogen) atoms. The Labute approximate surface area is 79.5 Å². The Morgan fingerprint density at radius 3 is 2.36 bits per heavy atom. The maximum atomic E-state index is 5.56. The number of nitrogens with one attached hydrogen (secondary N) is 1. The van der Waals surface area contributed by atoms with E-state index in [1.54, 1.807) is 0 Å². The second-order valence-electron chi connectivity index (χ2n) is 2.64. The molecule has 0 aromatic carbocycles. The average molecular weight is 198 g/mol. The number of hydrogen-bond acceptors (Lipinski definition) is 1. The molecule has 1 nitrogen and oxygen atoms in total. The fraction of sp³-hybridized carbons (Fsp3) is 1.00. The summed E-state index contributed by atoms with van der Waals surface area (Å²) in [6.07, 6.45) is 4.47. The molecule has 0 amide bonds. The standard InChI is InChI=1S/C8H17Cl2N/c1-2-3-6-11-7-4-5-8(9)10/h8,11H,2-7H2,1H3. The highest BCUT2D eigenvalue weighted by molar-refractivity contribution is 6.44. The Morgan fingerprint density at radius 1 is 1.18 bits per heavy atom. The van der Waals surface area contributed by atoms with Crippen LogP contribution in [0, 0.1) is 0 Å². The highest BCUT2D eigenvalue weighted by Gasteiger charge is 1.96. The van der Waals surface area contributed by atoms with Gasteiger partial charge in [-0.05, 0) is 32.4 Å². The minimum atomic E-state index is -0.192. The topological polar surface area (TPSA) is 12.0 Å². The lowest BCUT2D eigenvalue weighted by atomic mass is 10.3. The van der Waals surface area contributed by atoms with Crippen LogP contribution in [0.1, 0.15) is 32.6 Å². The lowest BCUT2D eigenvalue weighted by Gasteiger charge is -2.03. The molecular formula is C8H17Cl2N. The minimum Gasteiger partial charge on any atom is -0.317 e. The predicted octanol–water partition coefficient (Wildman–Crippen LogP) is 2.96. The van der Waals surface area contributed by atoms with Crippen LogP contribution in [0.5, 0.6) is 0 Å². The van der Waals surface area contributed by atoms with E-state index in [1.165, 1.54) is 12.8 Å². The van der Waals surface area contributed by atoms with Gasteiger partial charge in [0.2, 0.25) is 0 Å². The monoisotopic (exact) mass is 197 g/mol. The number of halogens is 2. The van der Waals surface area contributed by atoms with E-state index in [2.05, 4.69) is 12.2 Å². The van der Waals surface area contributed by atoms with Crippen LogP contribution < -0.4 is 5.32 Å². The van der Waals surface area contributed by atoms with Gasteiger partial charge in [-0.2, -0.15) is 0 Å². The van der Waals surface area contributed by atoms with Crippen LogP contribution in [-0.2, 0) is 0 Å². The first-order chi connectivity index (χ1) is 5.27. The van der Waals surface area contributed by atoms with Crippen LogP contribution in [-0.4, -0.2) is 17.9 Å². The fourth-order valence-electron chi connectivity index (χ4n) is 0.808.